The Labute approximate surface area is 86.4 Å². The van der Waals surface area contributed by atoms with Gasteiger partial charge in [0, 0.05) is 32.7 Å². The van der Waals surface area contributed by atoms with Crippen molar-refractivity contribution in [3.05, 3.63) is 0 Å². The van der Waals surface area contributed by atoms with Crippen LogP contribution in [0.3, 0.4) is 0 Å². The molecule has 0 spiro atoms. The minimum absolute atomic E-state index is 0.307. The molecule has 14 heavy (non-hydrogen) atoms. The van der Waals surface area contributed by atoms with Gasteiger partial charge in [0.05, 0.1) is 0 Å². The van der Waals surface area contributed by atoms with Crippen LogP contribution in [0.15, 0.2) is 0 Å². The second-order valence-corrected chi connectivity index (χ2v) is 3.83. The van der Waals surface area contributed by atoms with Crippen LogP contribution in [-0.4, -0.2) is 37.1 Å². The SMILES string of the molecule is CCN(CC)C(=O)CC1CCOCC1. The molecule has 3 nitrogen and oxygen atoms in total. The number of nitrogens with zero attached hydrogens (tertiary/aromatic N) is 1. The van der Waals surface area contributed by atoms with Gasteiger partial charge in [-0.2, -0.15) is 0 Å². The first-order valence-electron chi connectivity index (χ1n) is 5.63. The fourth-order valence-electron chi connectivity index (χ4n) is 1.90. The smallest absolute Gasteiger partial charge is 0.222 e. The Morgan fingerprint density at radius 3 is 2.36 bits per heavy atom. The maximum absolute atomic E-state index is 11.8. The van der Waals surface area contributed by atoms with Crippen molar-refractivity contribution in [1.82, 2.24) is 4.90 Å². The maximum atomic E-state index is 11.8. The number of hydrogen-bond acceptors (Lipinski definition) is 2. The van der Waals surface area contributed by atoms with Gasteiger partial charge in [0.2, 0.25) is 5.91 Å². The summed E-state index contributed by atoms with van der Waals surface area (Å²) >= 11 is 0. The van der Waals surface area contributed by atoms with E-state index in [2.05, 4.69) is 0 Å². The molecule has 0 N–H and O–H groups in total. The van der Waals surface area contributed by atoms with Crippen LogP contribution >= 0.6 is 0 Å². The quantitative estimate of drug-likeness (QED) is 0.689. The van der Waals surface area contributed by atoms with Gasteiger partial charge in [0.1, 0.15) is 0 Å². The molecule has 82 valence electrons. The van der Waals surface area contributed by atoms with E-state index < -0.39 is 0 Å². The molecule has 0 aromatic carbocycles. The molecule has 1 saturated heterocycles. The molecule has 1 aliphatic heterocycles. The number of carbonyl (C=O) groups excluding carboxylic acids is 1. The number of ether oxygens (including phenoxy) is 1. The van der Waals surface area contributed by atoms with E-state index >= 15 is 0 Å². The molecule has 3 heteroatoms. The van der Waals surface area contributed by atoms with Crippen LogP contribution in [0.4, 0.5) is 0 Å². The summed E-state index contributed by atoms with van der Waals surface area (Å²) in [5.74, 6) is 0.860. The van der Waals surface area contributed by atoms with Crippen LogP contribution in [-0.2, 0) is 9.53 Å². The lowest BCUT2D eigenvalue weighted by molar-refractivity contribution is -0.132. The third-order valence-corrected chi connectivity index (χ3v) is 2.92. The first kappa shape index (κ1) is 11.5. The third kappa shape index (κ3) is 3.29. The molecule has 1 heterocycles. The van der Waals surface area contributed by atoms with Crippen LogP contribution in [0, 0.1) is 5.92 Å². The summed E-state index contributed by atoms with van der Waals surface area (Å²) in [5, 5.41) is 0. The number of rotatable bonds is 4. The first-order valence-corrected chi connectivity index (χ1v) is 5.63. The monoisotopic (exact) mass is 199 g/mol. The highest BCUT2D eigenvalue weighted by molar-refractivity contribution is 5.76. The van der Waals surface area contributed by atoms with E-state index in [1.807, 2.05) is 18.7 Å². The number of carbonyl (C=O) groups is 1. The molecule has 0 aromatic heterocycles. The topological polar surface area (TPSA) is 29.5 Å². The highest BCUT2D eigenvalue weighted by Crippen LogP contribution is 2.19. The Bertz CT molecular complexity index is 172. The minimum Gasteiger partial charge on any atom is -0.381 e. The summed E-state index contributed by atoms with van der Waals surface area (Å²) in [6, 6.07) is 0. The van der Waals surface area contributed by atoms with Crippen LogP contribution < -0.4 is 0 Å². The molecule has 0 atom stereocenters. The molecule has 0 aliphatic carbocycles. The summed E-state index contributed by atoms with van der Waals surface area (Å²) in [6.45, 7) is 7.39. The molecule has 0 aromatic rings. The summed E-state index contributed by atoms with van der Waals surface area (Å²) in [5.41, 5.74) is 0. The third-order valence-electron chi connectivity index (χ3n) is 2.92. The van der Waals surface area contributed by atoms with E-state index in [9.17, 15) is 4.79 Å². The number of amides is 1. The lowest BCUT2D eigenvalue weighted by Gasteiger charge is -2.25. The zero-order valence-corrected chi connectivity index (χ0v) is 9.29. The molecular formula is C11H21NO2. The van der Waals surface area contributed by atoms with E-state index in [0.717, 1.165) is 39.1 Å². The molecule has 1 rings (SSSR count). The standard InChI is InChI=1S/C11H21NO2/c1-3-12(4-2)11(13)9-10-5-7-14-8-6-10/h10H,3-9H2,1-2H3. The summed E-state index contributed by atoms with van der Waals surface area (Å²) in [4.78, 5) is 13.7. The molecule has 0 radical (unpaired) electrons. The van der Waals surface area contributed by atoms with Gasteiger partial charge in [-0.15, -0.1) is 0 Å². The highest BCUT2D eigenvalue weighted by atomic mass is 16.5. The summed E-state index contributed by atoms with van der Waals surface area (Å²) in [6.07, 6.45) is 2.81. The van der Waals surface area contributed by atoms with Gasteiger partial charge in [-0.1, -0.05) is 0 Å². The van der Waals surface area contributed by atoms with Gasteiger partial charge in [0.15, 0.2) is 0 Å². The Morgan fingerprint density at radius 1 is 1.29 bits per heavy atom. The van der Waals surface area contributed by atoms with Crippen molar-refractivity contribution in [3.8, 4) is 0 Å². The van der Waals surface area contributed by atoms with Crippen molar-refractivity contribution in [3.63, 3.8) is 0 Å². The fourth-order valence-corrected chi connectivity index (χ4v) is 1.90. The second-order valence-electron chi connectivity index (χ2n) is 3.83. The van der Waals surface area contributed by atoms with E-state index in [-0.39, 0.29) is 0 Å². The van der Waals surface area contributed by atoms with Crippen molar-refractivity contribution < 1.29 is 9.53 Å². The number of hydrogen-bond donors (Lipinski definition) is 0. The van der Waals surface area contributed by atoms with Crippen molar-refractivity contribution in [1.29, 1.82) is 0 Å². The highest BCUT2D eigenvalue weighted by Gasteiger charge is 2.19. The molecule has 1 amide bonds. The Kier molecular flexibility index (Phi) is 4.94. The van der Waals surface area contributed by atoms with E-state index in [1.54, 1.807) is 0 Å². The Morgan fingerprint density at radius 2 is 1.86 bits per heavy atom. The maximum Gasteiger partial charge on any atom is 0.222 e. The van der Waals surface area contributed by atoms with E-state index in [0.29, 0.717) is 18.2 Å². The second kappa shape index (κ2) is 6.02. The largest absolute Gasteiger partial charge is 0.381 e. The predicted molar refractivity (Wildman–Crippen MR) is 56.1 cm³/mol. The van der Waals surface area contributed by atoms with Gasteiger partial charge < -0.3 is 9.64 Å². The molecular weight excluding hydrogens is 178 g/mol. The van der Waals surface area contributed by atoms with Crippen LogP contribution in [0.5, 0.6) is 0 Å². The van der Waals surface area contributed by atoms with Gasteiger partial charge in [-0.3, -0.25) is 4.79 Å². The van der Waals surface area contributed by atoms with Crippen LogP contribution in [0.1, 0.15) is 33.1 Å². The molecule has 0 saturated carbocycles. The van der Waals surface area contributed by atoms with Gasteiger partial charge in [-0.25, -0.2) is 0 Å². The van der Waals surface area contributed by atoms with Crippen molar-refractivity contribution in [2.24, 2.45) is 5.92 Å². The summed E-state index contributed by atoms with van der Waals surface area (Å²) < 4.78 is 5.27. The van der Waals surface area contributed by atoms with Crippen LogP contribution in [0.2, 0.25) is 0 Å². The van der Waals surface area contributed by atoms with Crippen LogP contribution in [0.25, 0.3) is 0 Å². The Balaban J connectivity index is 2.30. The van der Waals surface area contributed by atoms with Crippen molar-refractivity contribution in [2.45, 2.75) is 33.1 Å². The van der Waals surface area contributed by atoms with E-state index in [1.165, 1.54) is 0 Å². The first-order chi connectivity index (χ1) is 6.77. The fraction of sp³-hybridized carbons (Fsp3) is 0.909. The average Bonchev–Trinajstić information content (AvgIpc) is 2.21. The van der Waals surface area contributed by atoms with Gasteiger partial charge in [0.25, 0.3) is 0 Å². The predicted octanol–water partition coefficient (Wildman–Crippen LogP) is 1.67. The van der Waals surface area contributed by atoms with E-state index in [4.69, 9.17) is 4.74 Å². The lowest BCUT2D eigenvalue weighted by atomic mass is 9.96. The van der Waals surface area contributed by atoms with Crippen molar-refractivity contribution in [2.75, 3.05) is 26.3 Å². The normalized spacial score (nSPS) is 18.1. The zero-order chi connectivity index (χ0) is 10.4. The summed E-state index contributed by atoms with van der Waals surface area (Å²) in [7, 11) is 0. The zero-order valence-electron chi connectivity index (χ0n) is 9.29. The molecule has 1 fully saturated rings. The molecule has 1 aliphatic rings. The molecule has 0 bridgehead atoms. The van der Waals surface area contributed by atoms with Gasteiger partial charge in [-0.05, 0) is 32.6 Å². The minimum atomic E-state index is 0.307. The Hall–Kier alpha value is -0.570. The van der Waals surface area contributed by atoms with Gasteiger partial charge >= 0.3 is 0 Å². The van der Waals surface area contributed by atoms with Crippen molar-refractivity contribution >= 4 is 5.91 Å². The average molecular weight is 199 g/mol. The molecule has 0 unspecified atom stereocenters. The lowest BCUT2D eigenvalue weighted by Crippen LogP contribution is -2.33.